The number of anilines is 2. The van der Waals surface area contributed by atoms with Gasteiger partial charge in [-0.25, -0.2) is 14.5 Å². The van der Waals surface area contributed by atoms with Crippen molar-refractivity contribution in [3.8, 4) is 0 Å². The molecule has 1 heterocycles. The van der Waals surface area contributed by atoms with E-state index in [2.05, 4.69) is 5.32 Å². The van der Waals surface area contributed by atoms with Gasteiger partial charge in [-0.3, -0.25) is 9.59 Å². The Labute approximate surface area is 176 Å². The topological polar surface area (TPSA) is 113 Å². The van der Waals surface area contributed by atoms with Crippen molar-refractivity contribution >= 4 is 46.7 Å². The number of nitrogens with zero attached hydrogens (tertiary/aromatic N) is 1. The Balaban J connectivity index is 1.94. The summed E-state index contributed by atoms with van der Waals surface area (Å²) in [6, 6.07) is 11.7. The van der Waals surface area contributed by atoms with Crippen molar-refractivity contribution in [3.63, 3.8) is 0 Å². The number of rotatable bonds is 6. The van der Waals surface area contributed by atoms with Crippen LogP contribution in [0.2, 0.25) is 0 Å². The zero-order valence-electron chi connectivity index (χ0n) is 16.0. The summed E-state index contributed by atoms with van der Waals surface area (Å²) in [7, 11) is 0. The van der Waals surface area contributed by atoms with Gasteiger partial charge in [0.15, 0.2) is 0 Å². The van der Waals surface area contributed by atoms with E-state index in [0.29, 0.717) is 0 Å². The number of carbonyl (C=O) groups is 4. The first-order valence-corrected chi connectivity index (χ1v) is 9.27. The van der Waals surface area contributed by atoms with Crippen molar-refractivity contribution in [1.29, 1.82) is 0 Å². The third-order valence-electron chi connectivity index (χ3n) is 4.11. The highest BCUT2D eigenvalue weighted by Crippen LogP contribution is 2.32. The second-order valence-electron chi connectivity index (χ2n) is 6.62. The summed E-state index contributed by atoms with van der Waals surface area (Å²) >= 11 is 6.11. The van der Waals surface area contributed by atoms with Gasteiger partial charge in [0.2, 0.25) is 0 Å². The molecule has 2 amide bonds. The van der Waals surface area contributed by atoms with Crippen LogP contribution < -0.4 is 10.2 Å². The van der Waals surface area contributed by atoms with Gasteiger partial charge in [-0.05, 0) is 44.2 Å². The zero-order chi connectivity index (χ0) is 22.0. The first kappa shape index (κ1) is 21.1. The summed E-state index contributed by atoms with van der Waals surface area (Å²) in [6.07, 6.45) is -0.393. The molecule has 30 heavy (non-hydrogen) atoms. The fraction of sp³-hybridized carbons (Fsp3) is 0.143. The largest absolute Gasteiger partial charge is 0.478 e. The normalized spacial score (nSPS) is 13.8. The van der Waals surface area contributed by atoms with E-state index in [0.717, 1.165) is 4.90 Å². The van der Waals surface area contributed by atoms with Crippen LogP contribution in [0.25, 0.3) is 0 Å². The smallest absolute Gasteiger partial charge is 0.340 e. The van der Waals surface area contributed by atoms with Crippen molar-refractivity contribution in [2.45, 2.75) is 20.0 Å². The van der Waals surface area contributed by atoms with E-state index in [9.17, 15) is 19.2 Å². The van der Waals surface area contributed by atoms with Crippen molar-refractivity contribution < 1.29 is 29.0 Å². The fourth-order valence-corrected chi connectivity index (χ4v) is 3.04. The number of amides is 2. The minimum absolute atomic E-state index is 0.00729. The number of para-hydroxylation sites is 1. The lowest BCUT2D eigenvalue weighted by Crippen LogP contribution is -2.33. The Morgan fingerprint density at radius 3 is 2.43 bits per heavy atom. The van der Waals surface area contributed by atoms with Gasteiger partial charge >= 0.3 is 11.9 Å². The first-order chi connectivity index (χ1) is 14.2. The molecule has 0 saturated carbocycles. The molecule has 0 spiro atoms. The van der Waals surface area contributed by atoms with Gasteiger partial charge in [0.05, 0.1) is 22.9 Å². The van der Waals surface area contributed by atoms with Crippen LogP contribution >= 0.6 is 11.6 Å². The molecule has 0 aromatic heterocycles. The summed E-state index contributed by atoms with van der Waals surface area (Å²) in [5.74, 6) is -3.43. The molecule has 0 atom stereocenters. The molecule has 1 aliphatic rings. The molecule has 2 N–H and O–H groups in total. The molecule has 0 unspecified atom stereocenters. The maximum atomic E-state index is 13.0. The average Bonchev–Trinajstić information content (AvgIpc) is 2.91. The number of imide groups is 1. The molecule has 2 aromatic rings. The first-order valence-electron chi connectivity index (χ1n) is 8.89. The van der Waals surface area contributed by atoms with Crippen molar-refractivity contribution in [3.05, 3.63) is 70.4 Å². The van der Waals surface area contributed by atoms with Crippen LogP contribution in [0.5, 0.6) is 0 Å². The van der Waals surface area contributed by atoms with E-state index >= 15 is 0 Å². The highest BCUT2D eigenvalue weighted by molar-refractivity contribution is 6.53. The third kappa shape index (κ3) is 4.04. The summed E-state index contributed by atoms with van der Waals surface area (Å²) in [6.45, 7) is 3.36. The highest BCUT2D eigenvalue weighted by Gasteiger charge is 2.40. The Bertz CT molecular complexity index is 1090. The number of benzene rings is 2. The summed E-state index contributed by atoms with van der Waals surface area (Å²) in [4.78, 5) is 50.0. The maximum absolute atomic E-state index is 13.0. The van der Waals surface area contributed by atoms with Gasteiger partial charge in [0.1, 0.15) is 10.7 Å². The molecule has 0 saturated heterocycles. The summed E-state index contributed by atoms with van der Waals surface area (Å²) < 4.78 is 5.19. The molecular weight excluding hydrogens is 412 g/mol. The van der Waals surface area contributed by atoms with Crippen LogP contribution in [0.4, 0.5) is 11.4 Å². The quantitative estimate of drug-likeness (QED) is 0.535. The molecule has 1 aliphatic heterocycles. The Hall–Kier alpha value is -3.65. The molecule has 0 radical (unpaired) electrons. The lowest BCUT2D eigenvalue weighted by atomic mass is 10.1. The van der Waals surface area contributed by atoms with E-state index in [1.807, 2.05) is 0 Å². The molecule has 2 aromatic carbocycles. The molecule has 9 heteroatoms. The molecule has 0 aliphatic carbocycles. The monoisotopic (exact) mass is 428 g/mol. The molecule has 8 nitrogen and oxygen atoms in total. The predicted octanol–water partition coefficient (Wildman–Crippen LogP) is 3.39. The second kappa shape index (κ2) is 8.38. The second-order valence-corrected chi connectivity index (χ2v) is 6.99. The fourth-order valence-electron chi connectivity index (χ4n) is 2.82. The third-order valence-corrected chi connectivity index (χ3v) is 4.46. The van der Waals surface area contributed by atoms with E-state index in [-0.39, 0.29) is 33.2 Å². The molecule has 154 valence electrons. The lowest BCUT2D eigenvalue weighted by Gasteiger charge is -2.19. The van der Waals surface area contributed by atoms with Crippen LogP contribution in [0.3, 0.4) is 0 Å². The number of hydrogen-bond acceptors (Lipinski definition) is 6. The van der Waals surface area contributed by atoms with E-state index < -0.39 is 29.9 Å². The number of halogens is 1. The number of carboxylic acids is 1. The number of carboxylic acid groups (broad SMARTS) is 1. The van der Waals surface area contributed by atoms with E-state index in [1.165, 1.54) is 36.4 Å². The lowest BCUT2D eigenvalue weighted by molar-refractivity contribution is -0.120. The van der Waals surface area contributed by atoms with Crippen LogP contribution in [-0.4, -0.2) is 35.0 Å². The number of carbonyl (C=O) groups excluding carboxylic acids is 3. The Morgan fingerprint density at radius 1 is 1.07 bits per heavy atom. The van der Waals surface area contributed by atoms with Gasteiger partial charge in [0.25, 0.3) is 11.8 Å². The number of aromatic carboxylic acids is 1. The Morgan fingerprint density at radius 2 is 1.77 bits per heavy atom. The van der Waals surface area contributed by atoms with E-state index in [1.54, 1.807) is 26.0 Å². The van der Waals surface area contributed by atoms with Crippen LogP contribution in [0, 0.1) is 0 Å². The van der Waals surface area contributed by atoms with Gasteiger partial charge in [-0.2, -0.15) is 0 Å². The molecule has 0 bridgehead atoms. The zero-order valence-corrected chi connectivity index (χ0v) is 16.8. The van der Waals surface area contributed by atoms with Gasteiger partial charge in [-0.1, -0.05) is 29.8 Å². The molecular formula is C21H17ClN2O6. The van der Waals surface area contributed by atoms with Crippen LogP contribution in [0.15, 0.2) is 59.3 Å². The standard InChI is InChI=1S/C21H17ClN2O6/c1-11(2)30-21(29)14-8-3-4-9-15(14)24-18(25)16(22)17(19(24)26)23-13-7-5-6-12(10-13)20(27)28/h3-11,23H,1-2H3,(H,27,28). The van der Waals surface area contributed by atoms with E-state index in [4.69, 9.17) is 21.4 Å². The van der Waals surface area contributed by atoms with Crippen molar-refractivity contribution in [1.82, 2.24) is 0 Å². The summed E-state index contributed by atoms with van der Waals surface area (Å²) in [5, 5.41) is 11.4. The minimum Gasteiger partial charge on any atom is -0.478 e. The van der Waals surface area contributed by atoms with Gasteiger partial charge in [0, 0.05) is 5.69 Å². The predicted molar refractivity (Wildman–Crippen MR) is 109 cm³/mol. The van der Waals surface area contributed by atoms with Gasteiger partial charge < -0.3 is 15.2 Å². The minimum atomic E-state index is -1.15. The van der Waals surface area contributed by atoms with Crippen molar-refractivity contribution in [2.24, 2.45) is 0 Å². The molecule has 0 fully saturated rings. The highest BCUT2D eigenvalue weighted by atomic mass is 35.5. The summed E-state index contributed by atoms with van der Waals surface area (Å²) in [5.41, 5.74) is 0.0980. The van der Waals surface area contributed by atoms with Crippen LogP contribution in [-0.2, 0) is 14.3 Å². The number of esters is 1. The van der Waals surface area contributed by atoms with Crippen molar-refractivity contribution in [2.75, 3.05) is 10.2 Å². The number of hydrogen-bond donors (Lipinski definition) is 2. The molecule has 3 rings (SSSR count). The van der Waals surface area contributed by atoms with Crippen LogP contribution in [0.1, 0.15) is 34.6 Å². The number of ether oxygens (including phenoxy) is 1. The Kier molecular flexibility index (Phi) is 5.89. The average molecular weight is 429 g/mol. The number of nitrogens with one attached hydrogen (secondary N) is 1. The SMILES string of the molecule is CC(C)OC(=O)c1ccccc1N1C(=O)C(Cl)=C(Nc2cccc(C(=O)O)c2)C1=O. The maximum Gasteiger partial charge on any atom is 0.340 e. The van der Waals surface area contributed by atoms with Gasteiger partial charge in [-0.15, -0.1) is 0 Å².